The number of carboxylic acid groups (broad SMARTS) is 1. The minimum atomic E-state index is -0.860. The molecule has 0 bridgehead atoms. The van der Waals surface area contributed by atoms with Crippen LogP contribution in [0.2, 0.25) is 0 Å². The predicted octanol–water partition coefficient (Wildman–Crippen LogP) is 2.68. The van der Waals surface area contributed by atoms with Gasteiger partial charge in [-0.3, -0.25) is 9.59 Å². The maximum atomic E-state index is 12.3. The molecular weight excluding hydrogens is 274 g/mol. The highest BCUT2D eigenvalue weighted by molar-refractivity contribution is 7.97. The van der Waals surface area contributed by atoms with Crippen LogP contribution < -0.4 is 5.32 Å². The molecule has 108 valence electrons. The number of aliphatic carboxylic acids is 1. The minimum absolute atomic E-state index is 0.00322. The van der Waals surface area contributed by atoms with Gasteiger partial charge >= 0.3 is 5.97 Å². The Hall–Kier alpha value is -1.49. The molecule has 5 heteroatoms. The van der Waals surface area contributed by atoms with Crippen molar-refractivity contribution in [1.82, 2.24) is 5.32 Å². The summed E-state index contributed by atoms with van der Waals surface area (Å²) in [6.07, 6.45) is 4.48. The van der Waals surface area contributed by atoms with Crippen LogP contribution in [0.15, 0.2) is 24.3 Å². The molecule has 0 spiro atoms. The van der Waals surface area contributed by atoms with E-state index in [-0.39, 0.29) is 12.3 Å². The molecule has 1 aromatic carbocycles. The number of carbonyl (C=O) groups excluding carboxylic acids is 1. The molecule has 0 aromatic heterocycles. The highest BCUT2D eigenvalue weighted by Gasteiger charge is 2.40. The lowest BCUT2D eigenvalue weighted by Gasteiger charge is -2.41. The molecule has 0 aliphatic heterocycles. The molecule has 2 N–H and O–H groups in total. The van der Waals surface area contributed by atoms with Crippen molar-refractivity contribution in [3.05, 3.63) is 35.4 Å². The van der Waals surface area contributed by atoms with Crippen molar-refractivity contribution < 1.29 is 14.7 Å². The van der Waals surface area contributed by atoms with Gasteiger partial charge in [-0.05, 0) is 43.2 Å². The minimum Gasteiger partial charge on any atom is -0.481 e. The molecule has 1 fully saturated rings. The van der Waals surface area contributed by atoms with Gasteiger partial charge in [0.05, 0.1) is 12.0 Å². The first-order valence-corrected chi connectivity index (χ1v) is 8.06. The van der Waals surface area contributed by atoms with Crippen molar-refractivity contribution in [2.24, 2.45) is 0 Å². The van der Waals surface area contributed by atoms with E-state index in [0.29, 0.717) is 5.56 Å². The summed E-state index contributed by atoms with van der Waals surface area (Å²) in [7, 11) is 0. The topological polar surface area (TPSA) is 66.4 Å². The summed E-state index contributed by atoms with van der Waals surface area (Å²) in [5, 5.41) is 11.9. The Morgan fingerprint density at radius 1 is 1.40 bits per heavy atom. The van der Waals surface area contributed by atoms with Gasteiger partial charge in [-0.25, -0.2) is 0 Å². The zero-order valence-electron chi connectivity index (χ0n) is 11.5. The SMILES string of the molecule is CSCc1cccc(C(=O)NC2(CC(=O)O)CCC2)c1. The quantitative estimate of drug-likeness (QED) is 0.846. The summed E-state index contributed by atoms with van der Waals surface area (Å²) in [5.74, 6) is -0.170. The summed E-state index contributed by atoms with van der Waals surface area (Å²) >= 11 is 1.70. The Morgan fingerprint density at radius 2 is 2.15 bits per heavy atom. The Labute approximate surface area is 123 Å². The van der Waals surface area contributed by atoms with Crippen molar-refractivity contribution in [2.45, 2.75) is 37.0 Å². The molecule has 1 aliphatic rings. The highest BCUT2D eigenvalue weighted by Crippen LogP contribution is 2.35. The summed E-state index contributed by atoms with van der Waals surface area (Å²) in [6, 6.07) is 7.50. The molecule has 1 saturated carbocycles. The van der Waals surface area contributed by atoms with E-state index in [9.17, 15) is 9.59 Å². The second-order valence-corrected chi connectivity index (χ2v) is 6.16. The molecule has 2 rings (SSSR count). The standard InChI is InChI=1S/C15H19NO3S/c1-20-10-11-4-2-5-12(8-11)14(19)16-15(6-3-7-15)9-13(17)18/h2,4-5,8H,3,6-7,9-10H2,1H3,(H,16,19)(H,17,18). The summed E-state index contributed by atoms with van der Waals surface area (Å²) < 4.78 is 0. The molecule has 1 aliphatic carbocycles. The fourth-order valence-corrected chi connectivity index (χ4v) is 3.03. The lowest BCUT2D eigenvalue weighted by Crippen LogP contribution is -2.54. The van der Waals surface area contributed by atoms with Crippen LogP contribution in [0.5, 0.6) is 0 Å². The van der Waals surface area contributed by atoms with E-state index in [1.165, 1.54) is 0 Å². The average molecular weight is 293 g/mol. The molecule has 4 nitrogen and oxygen atoms in total. The van der Waals surface area contributed by atoms with E-state index in [4.69, 9.17) is 5.11 Å². The summed E-state index contributed by atoms with van der Waals surface area (Å²) in [6.45, 7) is 0. The number of thioether (sulfide) groups is 1. The van der Waals surface area contributed by atoms with Gasteiger partial charge in [-0.15, -0.1) is 0 Å². The van der Waals surface area contributed by atoms with Crippen LogP contribution in [-0.2, 0) is 10.5 Å². The van der Waals surface area contributed by atoms with Gasteiger partial charge in [0.15, 0.2) is 0 Å². The number of hydrogen-bond donors (Lipinski definition) is 2. The van der Waals surface area contributed by atoms with Crippen LogP contribution in [0.1, 0.15) is 41.6 Å². The van der Waals surface area contributed by atoms with E-state index in [1.54, 1.807) is 17.8 Å². The number of hydrogen-bond acceptors (Lipinski definition) is 3. The van der Waals surface area contributed by atoms with Gasteiger partial charge < -0.3 is 10.4 Å². The smallest absolute Gasteiger partial charge is 0.305 e. The van der Waals surface area contributed by atoms with Crippen LogP contribution >= 0.6 is 11.8 Å². The number of benzene rings is 1. The zero-order valence-corrected chi connectivity index (χ0v) is 12.3. The Kier molecular flexibility index (Phi) is 4.70. The van der Waals surface area contributed by atoms with Crippen molar-refractivity contribution in [3.63, 3.8) is 0 Å². The predicted molar refractivity (Wildman–Crippen MR) is 80.0 cm³/mol. The number of nitrogens with one attached hydrogen (secondary N) is 1. The maximum Gasteiger partial charge on any atom is 0.305 e. The van der Waals surface area contributed by atoms with E-state index in [2.05, 4.69) is 5.32 Å². The van der Waals surface area contributed by atoms with Gasteiger partial charge in [0.25, 0.3) is 5.91 Å². The van der Waals surface area contributed by atoms with Crippen LogP contribution in [0, 0.1) is 0 Å². The number of carboxylic acids is 1. The second-order valence-electron chi connectivity index (χ2n) is 5.29. The lowest BCUT2D eigenvalue weighted by molar-refractivity contribution is -0.139. The molecule has 0 saturated heterocycles. The van der Waals surface area contributed by atoms with E-state index < -0.39 is 11.5 Å². The molecule has 0 heterocycles. The van der Waals surface area contributed by atoms with Crippen LogP contribution in [0.4, 0.5) is 0 Å². The van der Waals surface area contributed by atoms with Gasteiger partial charge in [0.1, 0.15) is 0 Å². The molecular formula is C15H19NO3S. The van der Waals surface area contributed by atoms with Crippen molar-refractivity contribution in [1.29, 1.82) is 0 Å². The molecule has 1 aromatic rings. The Bertz CT molecular complexity index is 512. The Morgan fingerprint density at radius 3 is 2.70 bits per heavy atom. The number of carbonyl (C=O) groups is 2. The summed E-state index contributed by atoms with van der Waals surface area (Å²) in [4.78, 5) is 23.2. The fourth-order valence-electron chi connectivity index (χ4n) is 2.52. The van der Waals surface area contributed by atoms with Gasteiger partial charge in [0, 0.05) is 11.3 Å². The first-order valence-electron chi connectivity index (χ1n) is 6.67. The maximum absolute atomic E-state index is 12.3. The van der Waals surface area contributed by atoms with E-state index in [1.807, 2.05) is 24.5 Å². The largest absolute Gasteiger partial charge is 0.481 e. The van der Waals surface area contributed by atoms with Crippen LogP contribution in [0.25, 0.3) is 0 Å². The first kappa shape index (κ1) is 14.9. The highest BCUT2D eigenvalue weighted by atomic mass is 32.2. The molecule has 20 heavy (non-hydrogen) atoms. The van der Waals surface area contributed by atoms with Crippen LogP contribution in [-0.4, -0.2) is 28.8 Å². The third-order valence-corrected chi connectivity index (χ3v) is 4.30. The monoisotopic (exact) mass is 293 g/mol. The van der Waals surface area contributed by atoms with Crippen molar-refractivity contribution in [2.75, 3.05) is 6.26 Å². The lowest BCUT2D eigenvalue weighted by atomic mass is 9.74. The first-order chi connectivity index (χ1) is 9.54. The van der Waals surface area contributed by atoms with Crippen LogP contribution in [0.3, 0.4) is 0 Å². The van der Waals surface area contributed by atoms with Gasteiger partial charge in [-0.1, -0.05) is 12.1 Å². The Balaban J connectivity index is 2.07. The fraction of sp³-hybridized carbons (Fsp3) is 0.467. The van der Waals surface area contributed by atoms with Gasteiger partial charge in [-0.2, -0.15) is 11.8 Å². The third-order valence-electron chi connectivity index (χ3n) is 3.68. The second kappa shape index (κ2) is 6.31. The van der Waals surface area contributed by atoms with E-state index in [0.717, 1.165) is 30.6 Å². The zero-order chi connectivity index (χ0) is 14.6. The van der Waals surface area contributed by atoms with Crippen molar-refractivity contribution in [3.8, 4) is 0 Å². The molecule has 0 unspecified atom stereocenters. The average Bonchev–Trinajstić information content (AvgIpc) is 2.36. The van der Waals surface area contributed by atoms with Gasteiger partial charge in [0.2, 0.25) is 0 Å². The number of rotatable bonds is 6. The molecule has 0 radical (unpaired) electrons. The molecule has 0 atom stereocenters. The number of amides is 1. The third kappa shape index (κ3) is 3.54. The van der Waals surface area contributed by atoms with E-state index >= 15 is 0 Å². The molecule has 1 amide bonds. The van der Waals surface area contributed by atoms with Crippen molar-refractivity contribution >= 4 is 23.6 Å². The normalized spacial score (nSPS) is 16.2. The summed E-state index contributed by atoms with van der Waals surface area (Å²) in [5.41, 5.74) is 1.16.